The Morgan fingerprint density at radius 1 is 1.26 bits per heavy atom. The van der Waals surface area contributed by atoms with Crippen molar-refractivity contribution in [1.82, 2.24) is 19.7 Å². The summed E-state index contributed by atoms with van der Waals surface area (Å²) < 4.78 is 6.94. The number of fused-ring (bicyclic) bond motifs is 1. The van der Waals surface area contributed by atoms with Crippen LogP contribution >= 0.6 is 0 Å². The maximum atomic E-state index is 11.8. The average Bonchev–Trinajstić information content (AvgIpc) is 3.11. The monoisotopic (exact) mass is 363 g/mol. The van der Waals surface area contributed by atoms with E-state index in [1.165, 1.54) is 12.4 Å². The maximum Gasteiger partial charge on any atom is 0.252 e. The highest BCUT2D eigenvalue weighted by atomic mass is 16.5. The third-order valence-corrected chi connectivity index (χ3v) is 4.49. The van der Waals surface area contributed by atoms with Crippen LogP contribution < -0.4 is 11.1 Å². The fraction of sp³-hybridized carbons (Fsp3) is 0.278. The molecule has 0 unspecified atom stereocenters. The molecule has 0 aliphatic carbocycles. The van der Waals surface area contributed by atoms with Gasteiger partial charge in [0.1, 0.15) is 6.07 Å². The SMILES string of the molecule is N#Cc1cnc2c(cnn2-c2cc(NC3CCOCC3)c(C(N)=O)cn2)c1. The zero-order valence-electron chi connectivity index (χ0n) is 14.4. The molecule has 1 saturated heterocycles. The third-order valence-electron chi connectivity index (χ3n) is 4.49. The van der Waals surface area contributed by atoms with Crippen LogP contribution in [0, 0.1) is 11.3 Å². The first-order valence-corrected chi connectivity index (χ1v) is 8.54. The molecule has 1 amide bonds. The van der Waals surface area contributed by atoms with Crippen molar-refractivity contribution in [2.45, 2.75) is 18.9 Å². The number of anilines is 1. The van der Waals surface area contributed by atoms with Gasteiger partial charge in [0.05, 0.1) is 23.0 Å². The van der Waals surface area contributed by atoms with Crippen LogP contribution in [0.3, 0.4) is 0 Å². The Bertz CT molecular complexity index is 1050. The molecular weight excluding hydrogens is 346 g/mol. The van der Waals surface area contributed by atoms with Crippen molar-refractivity contribution in [1.29, 1.82) is 5.26 Å². The lowest BCUT2D eigenvalue weighted by atomic mass is 10.1. The van der Waals surface area contributed by atoms with Crippen LogP contribution in [0.25, 0.3) is 16.9 Å². The van der Waals surface area contributed by atoms with Crippen molar-refractivity contribution in [2.75, 3.05) is 18.5 Å². The van der Waals surface area contributed by atoms with Crippen LogP contribution in [0.2, 0.25) is 0 Å². The number of nitrogens with one attached hydrogen (secondary N) is 1. The van der Waals surface area contributed by atoms with Crippen molar-refractivity contribution in [3.8, 4) is 11.9 Å². The van der Waals surface area contributed by atoms with Gasteiger partial charge in [-0.05, 0) is 18.9 Å². The number of nitrogens with zero attached hydrogens (tertiary/aromatic N) is 5. The van der Waals surface area contributed by atoms with Crippen LogP contribution in [-0.4, -0.2) is 44.9 Å². The third kappa shape index (κ3) is 3.30. The molecule has 1 aliphatic heterocycles. The van der Waals surface area contributed by atoms with E-state index in [4.69, 9.17) is 15.7 Å². The molecule has 4 rings (SSSR count). The Kier molecular flexibility index (Phi) is 4.40. The van der Waals surface area contributed by atoms with Gasteiger partial charge in [0.15, 0.2) is 11.5 Å². The summed E-state index contributed by atoms with van der Waals surface area (Å²) in [5, 5.41) is 17.4. The molecule has 0 atom stereocenters. The number of nitriles is 1. The average molecular weight is 363 g/mol. The number of carbonyl (C=O) groups excluding carboxylic acids is 1. The number of hydrogen-bond donors (Lipinski definition) is 2. The zero-order chi connectivity index (χ0) is 18.8. The summed E-state index contributed by atoms with van der Waals surface area (Å²) in [6, 6.07) is 5.70. The summed E-state index contributed by atoms with van der Waals surface area (Å²) in [6.07, 6.45) is 6.24. The molecule has 0 aromatic carbocycles. The fourth-order valence-electron chi connectivity index (χ4n) is 3.09. The number of pyridine rings is 2. The number of ether oxygens (including phenoxy) is 1. The number of nitrogens with two attached hydrogens (primary N) is 1. The first-order chi connectivity index (χ1) is 13.2. The molecular formula is C18H17N7O2. The molecule has 0 spiro atoms. The van der Waals surface area contributed by atoms with E-state index in [9.17, 15) is 4.79 Å². The topological polar surface area (TPSA) is 132 Å². The molecule has 27 heavy (non-hydrogen) atoms. The molecule has 1 aliphatic rings. The summed E-state index contributed by atoms with van der Waals surface area (Å²) in [6.45, 7) is 1.35. The van der Waals surface area contributed by atoms with E-state index in [-0.39, 0.29) is 6.04 Å². The van der Waals surface area contributed by atoms with Crippen LogP contribution in [0.1, 0.15) is 28.8 Å². The summed E-state index contributed by atoms with van der Waals surface area (Å²) in [5.41, 5.74) is 7.46. The lowest BCUT2D eigenvalue weighted by molar-refractivity contribution is 0.0904. The normalized spacial score (nSPS) is 14.8. The second-order valence-electron chi connectivity index (χ2n) is 6.29. The molecule has 3 N–H and O–H groups in total. The Balaban J connectivity index is 1.74. The quantitative estimate of drug-likeness (QED) is 0.715. The van der Waals surface area contributed by atoms with Crippen LogP contribution in [0.5, 0.6) is 0 Å². The minimum absolute atomic E-state index is 0.192. The van der Waals surface area contributed by atoms with Gasteiger partial charge in [-0.15, -0.1) is 0 Å². The molecule has 0 saturated carbocycles. The van der Waals surface area contributed by atoms with E-state index in [1.807, 2.05) is 0 Å². The van der Waals surface area contributed by atoms with Crippen LogP contribution in [0.4, 0.5) is 5.69 Å². The maximum absolute atomic E-state index is 11.8. The second kappa shape index (κ2) is 7.01. The summed E-state index contributed by atoms with van der Waals surface area (Å²) in [4.78, 5) is 20.4. The van der Waals surface area contributed by atoms with Crippen LogP contribution in [-0.2, 0) is 4.74 Å². The van der Waals surface area contributed by atoms with Crippen molar-refractivity contribution >= 4 is 22.6 Å². The first-order valence-electron chi connectivity index (χ1n) is 8.54. The molecule has 4 heterocycles. The first kappa shape index (κ1) is 16.9. The smallest absolute Gasteiger partial charge is 0.252 e. The summed E-state index contributed by atoms with van der Waals surface area (Å²) in [7, 11) is 0. The van der Waals surface area contributed by atoms with Gasteiger partial charge in [-0.3, -0.25) is 4.79 Å². The van der Waals surface area contributed by atoms with Gasteiger partial charge in [-0.1, -0.05) is 0 Å². The zero-order valence-corrected chi connectivity index (χ0v) is 14.4. The molecule has 0 bridgehead atoms. The lowest BCUT2D eigenvalue weighted by Crippen LogP contribution is -2.29. The Morgan fingerprint density at radius 3 is 2.81 bits per heavy atom. The lowest BCUT2D eigenvalue weighted by Gasteiger charge is -2.25. The van der Waals surface area contributed by atoms with Gasteiger partial charge >= 0.3 is 0 Å². The van der Waals surface area contributed by atoms with Gasteiger partial charge in [-0.25, -0.2) is 9.97 Å². The largest absolute Gasteiger partial charge is 0.381 e. The Morgan fingerprint density at radius 2 is 2.07 bits per heavy atom. The number of aromatic nitrogens is 4. The number of hydrogen-bond acceptors (Lipinski definition) is 7. The van der Waals surface area contributed by atoms with E-state index >= 15 is 0 Å². The molecule has 136 valence electrons. The van der Waals surface area contributed by atoms with E-state index < -0.39 is 5.91 Å². The van der Waals surface area contributed by atoms with Crippen molar-refractivity contribution in [3.63, 3.8) is 0 Å². The van der Waals surface area contributed by atoms with Gasteiger partial charge in [0.2, 0.25) is 0 Å². The van der Waals surface area contributed by atoms with Gasteiger partial charge in [-0.2, -0.15) is 15.0 Å². The summed E-state index contributed by atoms with van der Waals surface area (Å²) in [5.74, 6) is -0.0486. The predicted molar refractivity (Wildman–Crippen MR) is 97.4 cm³/mol. The molecule has 0 radical (unpaired) electrons. The van der Waals surface area contributed by atoms with Gasteiger partial charge in [0, 0.05) is 43.1 Å². The van der Waals surface area contributed by atoms with E-state index in [2.05, 4.69) is 26.5 Å². The molecule has 9 heteroatoms. The number of carbonyl (C=O) groups is 1. The number of primary amides is 1. The van der Waals surface area contributed by atoms with E-state index in [0.717, 1.165) is 18.2 Å². The van der Waals surface area contributed by atoms with Gasteiger partial charge in [0.25, 0.3) is 5.91 Å². The van der Waals surface area contributed by atoms with Crippen LogP contribution in [0.15, 0.2) is 30.7 Å². The minimum atomic E-state index is -0.550. The minimum Gasteiger partial charge on any atom is -0.381 e. The number of amides is 1. The highest BCUT2D eigenvalue weighted by Gasteiger charge is 2.18. The molecule has 1 fully saturated rings. The van der Waals surface area contributed by atoms with Crippen molar-refractivity contribution in [3.05, 3.63) is 41.9 Å². The summed E-state index contributed by atoms with van der Waals surface area (Å²) >= 11 is 0. The second-order valence-corrected chi connectivity index (χ2v) is 6.29. The predicted octanol–water partition coefficient (Wildman–Crippen LogP) is 1.38. The highest BCUT2D eigenvalue weighted by Crippen LogP contribution is 2.23. The van der Waals surface area contributed by atoms with E-state index in [0.29, 0.717) is 41.5 Å². The highest BCUT2D eigenvalue weighted by molar-refractivity contribution is 5.98. The van der Waals surface area contributed by atoms with Crippen molar-refractivity contribution < 1.29 is 9.53 Å². The fourth-order valence-corrected chi connectivity index (χ4v) is 3.09. The molecule has 3 aromatic heterocycles. The van der Waals surface area contributed by atoms with E-state index in [1.54, 1.807) is 23.0 Å². The Hall–Kier alpha value is -3.51. The molecule has 3 aromatic rings. The Labute approximate surface area is 154 Å². The van der Waals surface area contributed by atoms with Crippen molar-refractivity contribution in [2.24, 2.45) is 5.73 Å². The number of rotatable bonds is 4. The van der Waals surface area contributed by atoms with Gasteiger partial charge < -0.3 is 15.8 Å². The molecule has 9 nitrogen and oxygen atoms in total. The standard InChI is InChI=1S/C18H17N7O2/c19-7-11-5-12-9-23-25(18(12)22-8-11)16-6-15(14(10-21-16)17(20)26)24-13-1-3-27-4-2-13/h5-6,8-10,13H,1-4H2,(H2,20,26)(H,21,24).